The Bertz CT molecular complexity index is 783. The molecule has 7 heteroatoms. The molecular formula is C18H18ClFN2O3. The van der Waals surface area contributed by atoms with Gasteiger partial charge in [-0.05, 0) is 30.3 Å². The van der Waals surface area contributed by atoms with Crippen molar-refractivity contribution in [1.29, 1.82) is 0 Å². The average molecular weight is 365 g/mol. The third-order valence-electron chi connectivity index (χ3n) is 3.52. The summed E-state index contributed by atoms with van der Waals surface area (Å²) in [4.78, 5) is 25.1. The van der Waals surface area contributed by atoms with Crippen molar-refractivity contribution in [3.63, 3.8) is 0 Å². The molecule has 0 atom stereocenters. The van der Waals surface area contributed by atoms with Crippen LogP contribution in [0, 0.1) is 5.82 Å². The van der Waals surface area contributed by atoms with Gasteiger partial charge in [0.2, 0.25) is 11.8 Å². The minimum atomic E-state index is -0.514. The molecule has 0 saturated carbocycles. The number of hydrogen-bond acceptors (Lipinski definition) is 3. The van der Waals surface area contributed by atoms with Crippen LogP contribution in [0.1, 0.15) is 13.3 Å². The number of amides is 2. The zero-order valence-electron chi connectivity index (χ0n) is 13.9. The van der Waals surface area contributed by atoms with E-state index in [-0.39, 0.29) is 30.5 Å². The van der Waals surface area contributed by atoms with Crippen molar-refractivity contribution in [3.8, 4) is 5.75 Å². The van der Waals surface area contributed by atoms with Crippen LogP contribution in [-0.4, -0.2) is 25.5 Å². The first-order valence-corrected chi connectivity index (χ1v) is 7.96. The van der Waals surface area contributed by atoms with Gasteiger partial charge in [0.25, 0.3) is 0 Å². The molecule has 1 N–H and O–H groups in total. The molecule has 0 bridgehead atoms. The van der Waals surface area contributed by atoms with Crippen molar-refractivity contribution in [2.45, 2.75) is 13.3 Å². The number of nitrogens with one attached hydrogen (secondary N) is 1. The van der Waals surface area contributed by atoms with Gasteiger partial charge in [-0.2, -0.15) is 0 Å². The zero-order chi connectivity index (χ0) is 18.4. The van der Waals surface area contributed by atoms with Crippen molar-refractivity contribution in [1.82, 2.24) is 0 Å². The Balaban J connectivity index is 2.01. The van der Waals surface area contributed by atoms with Crippen LogP contribution in [0.15, 0.2) is 42.5 Å². The maximum Gasteiger partial charge on any atom is 0.226 e. The molecule has 0 spiro atoms. The minimum Gasteiger partial charge on any atom is -0.495 e. The molecule has 0 radical (unpaired) electrons. The monoisotopic (exact) mass is 364 g/mol. The molecule has 0 unspecified atom stereocenters. The van der Waals surface area contributed by atoms with E-state index in [9.17, 15) is 14.0 Å². The molecule has 0 aliphatic carbocycles. The molecule has 25 heavy (non-hydrogen) atoms. The lowest BCUT2D eigenvalue weighted by Crippen LogP contribution is -2.32. The molecular weight excluding hydrogens is 347 g/mol. The van der Waals surface area contributed by atoms with Crippen LogP contribution in [0.25, 0.3) is 0 Å². The van der Waals surface area contributed by atoms with Crippen molar-refractivity contribution >= 4 is 34.8 Å². The molecule has 0 aliphatic rings. The second-order valence-corrected chi connectivity index (χ2v) is 5.68. The molecule has 0 fully saturated rings. The summed E-state index contributed by atoms with van der Waals surface area (Å²) in [5.74, 6) is -0.670. The number of ether oxygens (including phenoxy) is 1. The van der Waals surface area contributed by atoms with Crippen LogP contribution in [0.4, 0.5) is 15.8 Å². The third kappa shape index (κ3) is 4.93. The molecule has 5 nitrogen and oxygen atoms in total. The number of para-hydroxylation sites is 1. The number of hydrogen-bond donors (Lipinski definition) is 1. The summed E-state index contributed by atoms with van der Waals surface area (Å²) in [6.45, 7) is 1.39. The molecule has 2 rings (SSSR count). The van der Waals surface area contributed by atoms with Gasteiger partial charge in [0, 0.05) is 25.6 Å². The lowest BCUT2D eigenvalue weighted by atomic mass is 10.2. The molecule has 2 amide bonds. The topological polar surface area (TPSA) is 58.6 Å². The number of anilines is 2. The van der Waals surface area contributed by atoms with Gasteiger partial charge in [0.05, 0.1) is 17.8 Å². The predicted octanol–water partition coefficient (Wildman–Crippen LogP) is 3.87. The van der Waals surface area contributed by atoms with E-state index in [1.165, 1.54) is 37.1 Å². The Morgan fingerprint density at radius 3 is 2.56 bits per heavy atom. The third-order valence-corrected chi connectivity index (χ3v) is 3.82. The summed E-state index contributed by atoms with van der Waals surface area (Å²) in [5, 5.41) is 3.06. The van der Waals surface area contributed by atoms with E-state index < -0.39 is 5.82 Å². The molecule has 0 aromatic heterocycles. The Morgan fingerprint density at radius 1 is 1.24 bits per heavy atom. The Kier molecular flexibility index (Phi) is 6.36. The fraction of sp³-hybridized carbons (Fsp3) is 0.222. The number of methoxy groups -OCH3 is 1. The molecule has 2 aromatic rings. The van der Waals surface area contributed by atoms with Gasteiger partial charge in [-0.25, -0.2) is 4.39 Å². The van der Waals surface area contributed by atoms with Crippen LogP contribution >= 0.6 is 11.6 Å². The highest BCUT2D eigenvalue weighted by atomic mass is 35.5. The number of rotatable bonds is 6. The van der Waals surface area contributed by atoms with Gasteiger partial charge in [0.1, 0.15) is 11.6 Å². The Morgan fingerprint density at radius 2 is 1.96 bits per heavy atom. The van der Waals surface area contributed by atoms with Crippen molar-refractivity contribution in [2.24, 2.45) is 0 Å². The standard InChI is InChI=1S/C18H18ClFN2O3/c1-12(23)22(16-6-4-3-5-15(16)20)10-9-18(24)21-13-7-8-17(25-2)14(19)11-13/h3-8,11H,9-10H2,1-2H3,(H,21,24). The minimum absolute atomic E-state index is 0.0115. The van der Waals surface area contributed by atoms with E-state index in [0.717, 1.165) is 0 Å². The molecule has 2 aromatic carbocycles. The smallest absolute Gasteiger partial charge is 0.226 e. The summed E-state index contributed by atoms with van der Waals surface area (Å²) in [5.41, 5.74) is 0.659. The summed E-state index contributed by atoms with van der Waals surface area (Å²) in [6, 6.07) is 10.8. The molecule has 0 heterocycles. The maximum absolute atomic E-state index is 13.9. The second kappa shape index (κ2) is 8.48. The second-order valence-electron chi connectivity index (χ2n) is 5.27. The van der Waals surface area contributed by atoms with E-state index in [0.29, 0.717) is 16.5 Å². The van der Waals surface area contributed by atoms with Crippen molar-refractivity contribution < 1.29 is 18.7 Å². The highest BCUT2D eigenvalue weighted by Gasteiger charge is 2.16. The highest BCUT2D eigenvalue weighted by Crippen LogP contribution is 2.27. The van der Waals surface area contributed by atoms with Gasteiger partial charge in [-0.15, -0.1) is 0 Å². The van der Waals surface area contributed by atoms with Gasteiger partial charge in [-0.3, -0.25) is 9.59 Å². The van der Waals surface area contributed by atoms with E-state index >= 15 is 0 Å². The zero-order valence-corrected chi connectivity index (χ0v) is 14.6. The average Bonchev–Trinajstić information content (AvgIpc) is 2.56. The Labute approximate surface area is 150 Å². The van der Waals surface area contributed by atoms with Crippen LogP contribution in [0.2, 0.25) is 5.02 Å². The SMILES string of the molecule is COc1ccc(NC(=O)CCN(C(C)=O)c2ccccc2F)cc1Cl. The largest absolute Gasteiger partial charge is 0.495 e. The summed E-state index contributed by atoms with van der Waals surface area (Å²) < 4.78 is 18.9. The maximum atomic E-state index is 13.9. The van der Waals surface area contributed by atoms with E-state index in [1.54, 1.807) is 24.3 Å². The number of carbonyl (C=O) groups excluding carboxylic acids is 2. The number of nitrogens with zero attached hydrogens (tertiary/aromatic N) is 1. The van der Waals surface area contributed by atoms with Gasteiger partial charge >= 0.3 is 0 Å². The number of carbonyl (C=O) groups is 2. The molecule has 0 aliphatic heterocycles. The molecule has 132 valence electrons. The number of halogens is 2. The van der Waals surface area contributed by atoms with Gasteiger partial charge < -0.3 is 15.0 Å². The Hall–Kier alpha value is -2.60. The number of benzene rings is 2. The summed E-state index contributed by atoms with van der Waals surface area (Å²) in [7, 11) is 1.50. The predicted molar refractivity (Wildman–Crippen MR) is 95.7 cm³/mol. The lowest BCUT2D eigenvalue weighted by Gasteiger charge is -2.21. The normalized spacial score (nSPS) is 10.2. The fourth-order valence-electron chi connectivity index (χ4n) is 2.30. The quantitative estimate of drug-likeness (QED) is 0.846. The first-order valence-electron chi connectivity index (χ1n) is 7.58. The van der Waals surface area contributed by atoms with Crippen molar-refractivity contribution in [3.05, 3.63) is 53.3 Å². The van der Waals surface area contributed by atoms with Gasteiger partial charge in [-0.1, -0.05) is 23.7 Å². The lowest BCUT2D eigenvalue weighted by molar-refractivity contribution is -0.117. The fourth-order valence-corrected chi connectivity index (χ4v) is 2.56. The first kappa shape index (κ1) is 18.7. The van der Waals surface area contributed by atoms with Crippen LogP contribution in [0.5, 0.6) is 5.75 Å². The van der Waals surface area contributed by atoms with Gasteiger partial charge in [0.15, 0.2) is 0 Å². The van der Waals surface area contributed by atoms with Crippen LogP contribution < -0.4 is 15.0 Å². The van der Waals surface area contributed by atoms with E-state index in [2.05, 4.69) is 5.32 Å². The van der Waals surface area contributed by atoms with E-state index in [1.807, 2.05) is 0 Å². The van der Waals surface area contributed by atoms with Crippen LogP contribution in [0.3, 0.4) is 0 Å². The molecule has 0 saturated heterocycles. The highest BCUT2D eigenvalue weighted by molar-refractivity contribution is 6.32. The van der Waals surface area contributed by atoms with E-state index in [4.69, 9.17) is 16.3 Å². The van der Waals surface area contributed by atoms with Crippen LogP contribution in [-0.2, 0) is 9.59 Å². The first-order chi connectivity index (χ1) is 11.9. The summed E-state index contributed by atoms with van der Waals surface area (Å²) in [6.07, 6.45) is 0.0115. The van der Waals surface area contributed by atoms with Crippen molar-refractivity contribution in [2.75, 3.05) is 23.9 Å². The summed E-state index contributed by atoms with van der Waals surface area (Å²) >= 11 is 6.01.